The Bertz CT molecular complexity index is 486. The highest BCUT2D eigenvalue weighted by Crippen LogP contribution is 2.26. The predicted octanol–water partition coefficient (Wildman–Crippen LogP) is 2.67. The van der Waals surface area contributed by atoms with Crippen molar-refractivity contribution in [1.82, 2.24) is 10.3 Å². The Morgan fingerprint density at radius 1 is 1.24 bits per heavy atom. The van der Waals surface area contributed by atoms with Gasteiger partial charge >= 0.3 is 0 Å². The SMILES string of the molecule is CCC1=C(CC)/C(=C/c2ccccn2)NC1=O. The summed E-state index contributed by atoms with van der Waals surface area (Å²) in [6.45, 7) is 4.08. The molecule has 0 saturated carbocycles. The maximum atomic E-state index is 11.7. The Labute approximate surface area is 101 Å². The van der Waals surface area contributed by atoms with Crippen molar-refractivity contribution in [2.75, 3.05) is 0 Å². The fourth-order valence-corrected chi connectivity index (χ4v) is 2.08. The van der Waals surface area contributed by atoms with E-state index < -0.39 is 0 Å². The van der Waals surface area contributed by atoms with Gasteiger partial charge in [0.05, 0.1) is 5.69 Å². The molecule has 1 aromatic heterocycles. The predicted molar refractivity (Wildman–Crippen MR) is 68.0 cm³/mol. The Hall–Kier alpha value is -1.90. The smallest absolute Gasteiger partial charge is 0.251 e. The molecule has 0 bridgehead atoms. The van der Waals surface area contributed by atoms with E-state index in [-0.39, 0.29) is 5.91 Å². The molecule has 0 radical (unpaired) electrons. The minimum atomic E-state index is 0.0338. The van der Waals surface area contributed by atoms with E-state index in [1.807, 2.05) is 31.2 Å². The molecule has 0 aliphatic carbocycles. The summed E-state index contributed by atoms with van der Waals surface area (Å²) in [7, 11) is 0. The van der Waals surface area contributed by atoms with Crippen molar-refractivity contribution >= 4 is 12.0 Å². The molecule has 3 nitrogen and oxygen atoms in total. The Balaban J connectivity index is 2.38. The number of carbonyl (C=O) groups excluding carboxylic acids is 1. The summed E-state index contributed by atoms with van der Waals surface area (Å²) in [5.74, 6) is 0.0338. The number of pyridine rings is 1. The summed E-state index contributed by atoms with van der Waals surface area (Å²) in [5, 5.41) is 2.91. The van der Waals surface area contributed by atoms with Gasteiger partial charge in [-0.25, -0.2) is 0 Å². The second-order valence-electron chi connectivity index (χ2n) is 3.93. The number of nitrogens with zero attached hydrogens (tertiary/aromatic N) is 1. The fraction of sp³-hybridized carbons (Fsp3) is 0.286. The quantitative estimate of drug-likeness (QED) is 0.864. The summed E-state index contributed by atoms with van der Waals surface area (Å²) in [6.07, 6.45) is 5.31. The number of aromatic nitrogens is 1. The second-order valence-corrected chi connectivity index (χ2v) is 3.93. The minimum Gasteiger partial charge on any atom is -0.322 e. The van der Waals surface area contributed by atoms with E-state index in [0.717, 1.165) is 35.4 Å². The maximum absolute atomic E-state index is 11.7. The van der Waals surface area contributed by atoms with Gasteiger partial charge in [-0.05, 0) is 36.6 Å². The molecule has 0 saturated heterocycles. The molecule has 0 aromatic carbocycles. The zero-order valence-electron chi connectivity index (χ0n) is 10.2. The lowest BCUT2D eigenvalue weighted by Crippen LogP contribution is -2.16. The van der Waals surface area contributed by atoms with Crippen LogP contribution < -0.4 is 5.32 Å². The molecule has 2 heterocycles. The summed E-state index contributed by atoms with van der Waals surface area (Å²) < 4.78 is 0. The van der Waals surface area contributed by atoms with Gasteiger partial charge in [-0.3, -0.25) is 9.78 Å². The fourth-order valence-electron chi connectivity index (χ4n) is 2.08. The van der Waals surface area contributed by atoms with Gasteiger partial charge in [0.1, 0.15) is 0 Å². The van der Waals surface area contributed by atoms with Crippen LogP contribution in [0.25, 0.3) is 6.08 Å². The van der Waals surface area contributed by atoms with Gasteiger partial charge in [-0.2, -0.15) is 0 Å². The first-order chi connectivity index (χ1) is 8.26. The monoisotopic (exact) mass is 228 g/mol. The van der Waals surface area contributed by atoms with Crippen LogP contribution in [0.1, 0.15) is 32.4 Å². The van der Waals surface area contributed by atoms with Crippen molar-refractivity contribution < 1.29 is 4.79 Å². The van der Waals surface area contributed by atoms with Crippen LogP contribution in [0.3, 0.4) is 0 Å². The van der Waals surface area contributed by atoms with Crippen LogP contribution in [0.2, 0.25) is 0 Å². The van der Waals surface area contributed by atoms with Gasteiger partial charge in [-0.15, -0.1) is 0 Å². The first kappa shape index (κ1) is 11.6. The molecule has 1 aliphatic heterocycles. The maximum Gasteiger partial charge on any atom is 0.251 e. The molecule has 0 fully saturated rings. The van der Waals surface area contributed by atoms with Crippen molar-refractivity contribution in [3.05, 3.63) is 46.9 Å². The van der Waals surface area contributed by atoms with Gasteiger partial charge < -0.3 is 5.32 Å². The highest BCUT2D eigenvalue weighted by molar-refractivity contribution is 6.01. The van der Waals surface area contributed by atoms with Crippen LogP contribution in [-0.2, 0) is 4.79 Å². The molecule has 17 heavy (non-hydrogen) atoms. The number of hydrogen-bond donors (Lipinski definition) is 1. The number of carbonyl (C=O) groups is 1. The normalized spacial score (nSPS) is 17.8. The molecule has 1 amide bonds. The molecule has 0 unspecified atom stereocenters. The molecule has 0 atom stereocenters. The molecule has 1 aromatic rings. The van der Waals surface area contributed by atoms with Crippen LogP contribution >= 0.6 is 0 Å². The Kier molecular flexibility index (Phi) is 3.38. The topological polar surface area (TPSA) is 42.0 Å². The van der Waals surface area contributed by atoms with E-state index in [9.17, 15) is 4.79 Å². The van der Waals surface area contributed by atoms with Crippen molar-refractivity contribution in [1.29, 1.82) is 0 Å². The third-order valence-electron chi connectivity index (χ3n) is 2.90. The zero-order chi connectivity index (χ0) is 12.3. The summed E-state index contributed by atoms with van der Waals surface area (Å²) in [5.41, 5.74) is 3.77. The lowest BCUT2D eigenvalue weighted by molar-refractivity contribution is -0.116. The van der Waals surface area contributed by atoms with Crippen molar-refractivity contribution in [2.24, 2.45) is 0 Å². The molecular weight excluding hydrogens is 212 g/mol. The number of amides is 1. The molecule has 3 heteroatoms. The van der Waals surface area contributed by atoms with E-state index in [4.69, 9.17) is 0 Å². The minimum absolute atomic E-state index is 0.0338. The van der Waals surface area contributed by atoms with E-state index in [2.05, 4.69) is 17.2 Å². The Morgan fingerprint density at radius 2 is 2.00 bits per heavy atom. The van der Waals surface area contributed by atoms with Crippen LogP contribution in [0.5, 0.6) is 0 Å². The average Bonchev–Trinajstić information content (AvgIpc) is 2.65. The van der Waals surface area contributed by atoms with Crippen molar-refractivity contribution in [3.8, 4) is 0 Å². The van der Waals surface area contributed by atoms with E-state index >= 15 is 0 Å². The second kappa shape index (κ2) is 4.95. The zero-order valence-corrected chi connectivity index (χ0v) is 10.2. The number of allylic oxidation sites excluding steroid dienone is 1. The van der Waals surface area contributed by atoms with E-state index in [1.165, 1.54) is 0 Å². The summed E-state index contributed by atoms with van der Waals surface area (Å²) in [4.78, 5) is 16.0. The first-order valence-corrected chi connectivity index (χ1v) is 5.92. The summed E-state index contributed by atoms with van der Waals surface area (Å²) in [6, 6.07) is 5.74. The highest BCUT2D eigenvalue weighted by Gasteiger charge is 2.24. The molecular formula is C14H16N2O. The number of nitrogens with one attached hydrogen (secondary N) is 1. The van der Waals surface area contributed by atoms with Crippen molar-refractivity contribution in [3.63, 3.8) is 0 Å². The van der Waals surface area contributed by atoms with Crippen LogP contribution in [0, 0.1) is 0 Å². The standard InChI is InChI=1S/C14H16N2O/c1-3-11-12(4-2)14(17)16-13(11)9-10-7-5-6-8-15-10/h5-9H,3-4H2,1-2H3,(H,16,17)/b13-9-. The van der Waals surface area contributed by atoms with Crippen LogP contribution in [0.15, 0.2) is 41.2 Å². The lowest BCUT2D eigenvalue weighted by atomic mass is 10.0. The number of hydrogen-bond acceptors (Lipinski definition) is 2. The first-order valence-electron chi connectivity index (χ1n) is 5.92. The summed E-state index contributed by atoms with van der Waals surface area (Å²) >= 11 is 0. The van der Waals surface area contributed by atoms with Gasteiger partial charge in [0, 0.05) is 17.5 Å². The van der Waals surface area contributed by atoms with Crippen molar-refractivity contribution in [2.45, 2.75) is 26.7 Å². The largest absolute Gasteiger partial charge is 0.322 e. The molecule has 1 N–H and O–H groups in total. The third kappa shape index (κ3) is 2.28. The van der Waals surface area contributed by atoms with Gasteiger partial charge in [0.25, 0.3) is 5.91 Å². The third-order valence-corrected chi connectivity index (χ3v) is 2.90. The molecule has 2 rings (SSSR count). The average molecular weight is 228 g/mol. The van der Waals surface area contributed by atoms with Crippen LogP contribution in [0.4, 0.5) is 0 Å². The van der Waals surface area contributed by atoms with Gasteiger partial charge in [0.2, 0.25) is 0 Å². The van der Waals surface area contributed by atoms with Crippen LogP contribution in [-0.4, -0.2) is 10.9 Å². The number of rotatable bonds is 3. The highest BCUT2D eigenvalue weighted by atomic mass is 16.1. The van der Waals surface area contributed by atoms with E-state index in [1.54, 1.807) is 6.20 Å². The van der Waals surface area contributed by atoms with Gasteiger partial charge in [0.15, 0.2) is 0 Å². The molecule has 0 spiro atoms. The molecule has 1 aliphatic rings. The lowest BCUT2D eigenvalue weighted by Gasteiger charge is -2.02. The van der Waals surface area contributed by atoms with E-state index in [0.29, 0.717) is 0 Å². The molecule has 88 valence electrons. The Morgan fingerprint density at radius 3 is 2.59 bits per heavy atom. The van der Waals surface area contributed by atoms with Gasteiger partial charge in [-0.1, -0.05) is 19.9 Å².